The molecule has 0 spiro atoms. The van der Waals surface area contributed by atoms with Crippen LogP contribution in [0.2, 0.25) is 0 Å². The van der Waals surface area contributed by atoms with E-state index < -0.39 is 0 Å². The average molecular weight is 279 g/mol. The van der Waals surface area contributed by atoms with Gasteiger partial charge in [0, 0.05) is 12.0 Å². The second-order valence-electron chi connectivity index (χ2n) is 4.22. The van der Waals surface area contributed by atoms with E-state index in [0.29, 0.717) is 24.1 Å². The molecule has 5 nitrogen and oxygen atoms in total. The molecule has 1 unspecified atom stereocenters. The molecule has 1 atom stereocenters. The quantitative estimate of drug-likeness (QED) is 0.818. The number of hydrogen-bond acceptors (Lipinski definition) is 6. The van der Waals surface area contributed by atoms with Crippen molar-refractivity contribution < 1.29 is 9.26 Å². The average Bonchev–Trinajstić information content (AvgIpc) is 2.86. The van der Waals surface area contributed by atoms with Crippen molar-refractivity contribution in [2.75, 3.05) is 13.7 Å². The summed E-state index contributed by atoms with van der Waals surface area (Å²) in [5, 5.41) is 3.91. The largest absolute Gasteiger partial charge is 0.383 e. The van der Waals surface area contributed by atoms with Crippen LogP contribution in [0.4, 0.5) is 0 Å². The van der Waals surface area contributed by atoms with E-state index >= 15 is 0 Å². The molecule has 1 aromatic carbocycles. The molecule has 2 rings (SSSR count). The zero-order valence-electron chi connectivity index (χ0n) is 11.0. The van der Waals surface area contributed by atoms with E-state index in [-0.39, 0.29) is 6.04 Å². The summed E-state index contributed by atoms with van der Waals surface area (Å²) in [6.07, 6.45) is 0. The molecule has 0 aliphatic rings. The Bertz CT molecular complexity index is 530. The topological polar surface area (TPSA) is 74.2 Å². The second kappa shape index (κ2) is 6.70. The second-order valence-corrected chi connectivity index (χ2v) is 5.26. The van der Waals surface area contributed by atoms with Crippen molar-refractivity contribution in [3.05, 3.63) is 41.5 Å². The zero-order valence-corrected chi connectivity index (χ0v) is 11.8. The van der Waals surface area contributed by atoms with E-state index in [1.54, 1.807) is 18.9 Å². The van der Waals surface area contributed by atoms with Gasteiger partial charge in [-0.2, -0.15) is 4.98 Å². The van der Waals surface area contributed by atoms with Gasteiger partial charge in [0.15, 0.2) is 5.82 Å². The lowest BCUT2D eigenvalue weighted by atomic mass is 10.2. The number of thioether (sulfide) groups is 1. The third-order valence-electron chi connectivity index (χ3n) is 2.50. The van der Waals surface area contributed by atoms with Crippen molar-refractivity contribution in [1.82, 2.24) is 10.1 Å². The van der Waals surface area contributed by atoms with Crippen LogP contribution in [-0.4, -0.2) is 23.9 Å². The zero-order chi connectivity index (χ0) is 13.7. The molecule has 0 saturated heterocycles. The minimum absolute atomic E-state index is 0.366. The molecule has 1 heterocycles. The molecule has 0 amide bonds. The molecule has 0 fully saturated rings. The molecule has 0 saturated carbocycles. The van der Waals surface area contributed by atoms with Gasteiger partial charge in [0.2, 0.25) is 5.89 Å². The number of nitrogens with two attached hydrogens (primary N) is 1. The highest BCUT2D eigenvalue weighted by atomic mass is 32.2. The Morgan fingerprint density at radius 1 is 1.47 bits per heavy atom. The lowest BCUT2D eigenvalue weighted by Gasteiger charge is -2.03. The third-order valence-corrected chi connectivity index (χ3v) is 3.49. The number of rotatable bonds is 6. The van der Waals surface area contributed by atoms with E-state index in [9.17, 15) is 0 Å². The summed E-state index contributed by atoms with van der Waals surface area (Å²) in [4.78, 5) is 5.45. The Kier molecular flexibility index (Phi) is 4.95. The van der Waals surface area contributed by atoms with Crippen molar-refractivity contribution in [1.29, 1.82) is 0 Å². The van der Waals surface area contributed by atoms with E-state index in [2.05, 4.69) is 35.3 Å². The highest BCUT2D eigenvalue weighted by Crippen LogP contribution is 2.22. The predicted molar refractivity (Wildman–Crippen MR) is 73.8 cm³/mol. The van der Waals surface area contributed by atoms with Gasteiger partial charge in [-0.3, -0.25) is 0 Å². The lowest BCUT2D eigenvalue weighted by Crippen LogP contribution is -2.16. The van der Waals surface area contributed by atoms with Crippen LogP contribution in [0.3, 0.4) is 0 Å². The van der Waals surface area contributed by atoms with Crippen LogP contribution >= 0.6 is 11.8 Å². The van der Waals surface area contributed by atoms with Crippen molar-refractivity contribution in [3.63, 3.8) is 0 Å². The molecule has 2 N–H and O–H groups in total. The maximum Gasteiger partial charge on any atom is 0.245 e. The predicted octanol–water partition coefficient (Wildman–Crippen LogP) is 2.32. The van der Waals surface area contributed by atoms with Gasteiger partial charge in [-0.25, -0.2) is 0 Å². The summed E-state index contributed by atoms with van der Waals surface area (Å²) in [6, 6.07) is 7.93. The summed E-state index contributed by atoms with van der Waals surface area (Å²) in [5.41, 5.74) is 7.05. The third kappa shape index (κ3) is 4.05. The van der Waals surface area contributed by atoms with Crippen molar-refractivity contribution in [2.24, 2.45) is 5.73 Å². The van der Waals surface area contributed by atoms with Crippen LogP contribution in [0.25, 0.3) is 0 Å². The standard InChI is InChI=1S/C13H17N3O2S/c1-9-4-3-5-10(6-9)19-8-12-15-13(18-16-12)11(14)7-17-2/h3-6,11H,7-8,14H2,1-2H3. The fraction of sp³-hybridized carbons (Fsp3) is 0.385. The fourth-order valence-corrected chi connectivity index (χ4v) is 2.44. The minimum atomic E-state index is -0.366. The number of benzene rings is 1. The normalized spacial score (nSPS) is 12.6. The summed E-state index contributed by atoms with van der Waals surface area (Å²) >= 11 is 1.67. The smallest absolute Gasteiger partial charge is 0.245 e. The molecule has 19 heavy (non-hydrogen) atoms. The van der Waals surface area contributed by atoms with E-state index in [4.69, 9.17) is 15.0 Å². The van der Waals surface area contributed by atoms with Gasteiger partial charge in [-0.05, 0) is 19.1 Å². The van der Waals surface area contributed by atoms with Crippen molar-refractivity contribution >= 4 is 11.8 Å². The Morgan fingerprint density at radius 3 is 3.05 bits per heavy atom. The Hall–Kier alpha value is -1.37. The molecule has 0 radical (unpaired) electrons. The number of methoxy groups -OCH3 is 1. The van der Waals surface area contributed by atoms with Crippen LogP contribution < -0.4 is 5.73 Å². The summed E-state index contributed by atoms with van der Waals surface area (Å²) < 4.78 is 10.1. The molecule has 6 heteroatoms. The van der Waals surface area contributed by atoms with E-state index in [1.165, 1.54) is 10.5 Å². The van der Waals surface area contributed by atoms with Crippen LogP contribution in [0.15, 0.2) is 33.7 Å². The van der Waals surface area contributed by atoms with Crippen molar-refractivity contribution in [3.8, 4) is 0 Å². The summed E-state index contributed by atoms with van der Waals surface area (Å²) in [7, 11) is 1.59. The number of ether oxygens (including phenoxy) is 1. The monoisotopic (exact) mass is 279 g/mol. The first-order valence-corrected chi connectivity index (χ1v) is 6.94. The molecule has 2 aromatic rings. The SMILES string of the molecule is COCC(N)c1nc(CSc2cccc(C)c2)no1. The highest BCUT2D eigenvalue weighted by Gasteiger charge is 2.14. The van der Waals surface area contributed by atoms with E-state index in [1.807, 2.05) is 6.07 Å². The molecular weight excluding hydrogens is 262 g/mol. The van der Waals surface area contributed by atoms with Crippen LogP contribution in [0.1, 0.15) is 23.3 Å². The van der Waals surface area contributed by atoms with Gasteiger partial charge in [-0.1, -0.05) is 22.9 Å². The first kappa shape index (κ1) is 14.0. The maximum atomic E-state index is 5.82. The van der Waals surface area contributed by atoms with Gasteiger partial charge in [0.05, 0.1) is 12.4 Å². The Balaban J connectivity index is 1.93. The summed E-state index contributed by atoms with van der Waals surface area (Å²) in [6.45, 7) is 2.44. The number of aromatic nitrogens is 2. The summed E-state index contributed by atoms with van der Waals surface area (Å²) in [5.74, 6) is 1.72. The van der Waals surface area contributed by atoms with Crippen LogP contribution in [0.5, 0.6) is 0 Å². The van der Waals surface area contributed by atoms with E-state index in [0.717, 1.165) is 0 Å². The fourth-order valence-electron chi connectivity index (χ4n) is 1.58. The molecular formula is C13H17N3O2S. The molecule has 0 aliphatic heterocycles. The Morgan fingerprint density at radius 2 is 2.32 bits per heavy atom. The van der Waals surface area contributed by atoms with Gasteiger partial charge >= 0.3 is 0 Å². The van der Waals surface area contributed by atoms with Crippen LogP contribution in [0, 0.1) is 6.92 Å². The Labute approximate surface area is 116 Å². The minimum Gasteiger partial charge on any atom is -0.383 e. The van der Waals surface area contributed by atoms with Crippen molar-refractivity contribution in [2.45, 2.75) is 23.6 Å². The molecule has 1 aromatic heterocycles. The van der Waals surface area contributed by atoms with Gasteiger partial charge in [0.25, 0.3) is 0 Å². The highest BCUT2D eigenvalue weighted by molar-refractivity contribution is 7.98. The maximum absolute atomic E-state index is 5.82. The first-order chi connectivity index (χ1) is 9.19. The molecule has 102 valence electrons. The van der Waals surface area contributed by atoms with Gasteiger partial charge < -0.3 is 15.0 Å². The van der Waals surface area contributed by atoms with Gasteiger partial charge in [0.1, 0.15) is 6.04 Å². The van der Waals surface area contributed by atoms with Crippen LogP contribution in [-0.2, 0) is 10.5 Å². The van der Waals surface area contributed by atoms with Gasteiger partial charge in [-0.15, -0.1) is 11.8 Å². The lowest BCUT2D eigenvalue weighted by molar-refractivity contribution is 0.166. The molecule has 0 bridgehead atoms. The first-order valence-electron chi connectivity index (χ1n) is 5.95. The number of aryl methyl sites for hydroxylation is 1. The number of hydrogen-bond donors (Lipinski definition) is 1. The molecule has 0 aliphatic carbocycles. The number of nitrogens with zero attached hydrogens (tertiary/aromatic N) is 2.